The first-order valence-corrected chi connectivity index (χ1v) is 10.6. The minimum atomic E-state index is -4.56. The molecule has 0 unspecified atom stereocenters. The average molecular weight is 474 g/mol. The van der Waals surface area contributed by atoms with Crippen molar-refractivity contribution in [2.75, 3.05) is 24.9 Å². The topological polar surface area (TPSA) is 77.4 Å². The minimum Gasteiger partial charge on any atom is -0.493 e. The molecule has 0 aliphatic carbocycles. The van der Waals surface area contributed by atoms with Gasteiger partial charge in [0.2, 0.25) is 0 Å². The van der Waals surface area contributed by atoms with E-state index in [0.717, 1.165) is 15.8 Å². The Labute approximate surface area is 194 Å². The Morgan fingerprint density at radius 3 is 2.50 bits per heavy atom. The summed E-state index contributed by atoms with van der Waals surface area (Å²) in [5.74, 6) is 0.420. The van der Waals surface area contributed by atoms with Crippen molar-refractivity contribution in [3.8, 4) is 11.5 Å². The summed E-state index contributed by atoms with van der Waals surface area (Å²) in [6, 6.07) is 9.31. The van der Waals surface area contributed by atoms with E-state index >= 15 is 0 Å². The second-order valence-corrected chi connectivity index (χ2v) is 8.24. The Morgan fingerprint density at radius 1 is 1.09 bits per heavy atom. The number of methoxy groups -OCH3 is 2. The average Bonchev–Trinajstić information content (AvgIpc) is 3.24. The number of fused-ring (bicyclic) bond motifs is 1. The van der Waals surface area contributed by atoms with Gasteiger partial charge in [-0.05, 0) is 48.7 Å². The van der Waals surface area contributed by atoms with Crippen molar-refractivity contribution in [3.63, 3.8) is 0 Å². The number of hydrogen-bond acceptors (Lipinski definition) is 5. The van der Waals surface area contributed by atoms with Crippen molar-refractivity contribution in [2.24, 2.45) is 0 Å². The molecule has 1 aliphatic rings. The van der Waals surface area contributed by atoms with E-state index in [-0.39, 0.29) is 17.9 Å². The van der Waals surface area contributed by atoms with Gasteiger partial charge in [0, 0.05) is 18.2 Å². The quantitative estimate of drug-likeness (QED) is 0.516. The first-order valence-electron chi connectivity index (χ1n) is 10.6. The molecule has 2 heterocycles. The predicted octanol–water partition coefficient (Wildman–Crippen LogP) is 5.43. The summed E-state index contributed by atoms with van der Waals surface area (Å²) >= 11 is 0. The van der Waals surface area contributed by atoms with Crippen molar-refractivity contribution in [1.29, 1.82) is 0 Å². The van der Waals surface area contributed by atoms with Gasteiger partial charge in [-0.1, -0.05) is 18.2 Å². The summed E-state index contributed by atoms with van der Waals surface area (Å²) < 4.78 is 53.3. The Bertz CT molecular complexity index is 1220. The molecular weight excluding hydrogens is 449 g/mol. The van der Waals surface area contributed by atoms with Crippen LogP contribution in [-0.4, -0.2) is 36.1 Å². The maximum Gasteiger partial charge on any atom is 0.410 e. The lowest BCUT2D eigenvalue weighted by Gasteiger charge is -2.33. The molecule has 7 nitrogen and oxygen atoms in total. The number of nitrogens with zero attached hydrogens (tertiary/aromatic N) is 2. The molecule has 0 fully saturated rings. The first-order chi connectivity index (χ1) is 16.1. The number of halogens is 3. The number of benzene rings is 2. The van der Waals surface area contributed by atoms with Crippen LogP contribution < -0.4 is 20.1 Å². The van der Waals surface area contributed by atoms with Crippen molar-refractivity contribution >= 4 is 17.4 Å². The molecule has 4 rings (SSSR count). The molecule has 0 saturated heterocycles. The van der Waals surface area contributed by atoms with Crippen LogP contribution in [0.15, 0.2) is 42.5 Å². The summed E-state index contributed by atoms with van der Waals surface area (Å²) in [7, 11) is 2.95. The van der Waals surface area contributed by atoms with Gasteiger partial charge < -0.3 is 20.1 Å². The molecule has 0 radical (unpaired) electrons. The van der Waals surface area contributed by atoms with Crippen LogP contribution in [0, 0.1) is 13.8 Å². The second-order valence-electron chi connectivity index (χ2n) is 8.24. The number of aryl methyl sites for hydroxylation is 2. The largest absolute Gasteiger partial charge is 0.493 e. The third-order valence-electron chi connectivity index (χ3n) is 5.87. The van der Waals surface area contributed by atoms with Crippen LogP contribution in [0.4, 0.5) is 24.7 Å². The number of alkyl halides is 3. The summed E-state index contributed by atoms with van der Waals surface area (Å²) in [5, 5.41) is 9.85. The number of ether oxygens (including phenoxy) is 2. The highest BCUT2D eigenvalue weighted by Crippen LogP contribution is 2.44. The Morgan fingerprint density at radius 2 is 1.82 bits per heavy atom. The maximum atomic E-state index is 14.0. The molecule has 10 heteroatoms. The number of carbonyl (C=O) groups is 1. The normalized spacial score (nSPS) is 17.5. The molecule has 1 amide bonds. The van der Waals surface area contributed by atoms with Crippen molar-refractivity contribution < 1.29 is 27.4 Å². The summed E-state index contributed by atoms with van der Waals surface area (Å²) in [6.07, 6.45) is -4.86. The molecule has 180 valence electrons. The van der Waals surface area contributed by atoms with E-state index in [1.807, 2.05) is 26.0 Å². The number of rotatable bonds is 5. The molecule has 3 aromatic rings. The number of carbonyl (C=O) groups excluding carboxylic acids is 1. The lowest BCUT2D eigenvalue weighted by molar-refractivity contribution is -0.173. The van der Waals surface area contributed by atoms with Gasteiger partial charge in [0.1, 0.15) is 5.82 Å². The van der Waals surface area contributed by atoms with Crippen LogP contribution in [0.2, 0.25) is 0 Å². The number of nitrogens with one attached hydrogen (secondary N) is 2. The highest BCUT2D eigenvalue weighted by Gasteiger charge is 2.47. The van der Waals surface area contributed by atoms with Crippen molar-refractivity contribution in [3.05, 3.63) is 64.8 Å². The lowest BCUT2D eigenvalue weighted by atomic mass is 9.96. The van der Waals surface area contributed by atoms with E-state index in [0.29, 0.717) is 22.7 Å². The van der Waals surface area contributed by atoms with Crippen LogP contribution in [0.1, 0.15) is 45.7 Å². The third-order valence-corrected chi connectivity index (χ3v) is 5.87. The van der Waals surface area contributed by atoms with E-state index in [1.165, 1.54) is 20.3 Å². The zero-order valence-electron chi connectivity index (χ0n) is 19.2. The van der Waals surface area contributed by atoms with Crippen LogP contribution in [0.3, 0.4) is 0 Å². The van der Waals surface area contributed by atoms with Gasteiger partial charge in [-0.15, -0.1) is 0 Å². The van der Waals surface area contributed by atoms with Crippen LogP contribution in [0.5, 0.6) is 11.5 Å². The van der Waals surface area contributed by atoms with E-state index in [9.17, 15) is 18.0 Å². The van der Waals surface area contributed by atoms with Gasteiger partial charge in [0.25, 0.3) is 5.91 Å². The number of anilines is 2. The maximum absolute atomic E-state index is 14.0. The highest BCUT2D eigenvalue weighted by molar-refractivity contribution is 6.03. The third kappa shape index (κ3) is 4.52. The molecule has 1 aliphatic heterocycles. The number of aromatic nitrogens is 2. The summed E-state index contributed by atoms with van der Waals surface area (Å²) in [6.45, 7) is 3.72. The van der Waals surface area contributed by atoms with Crippen LogP contribution >= 0.6 is 0 Å². The Hall–Kier alpha value is -3.69. The van der Waals surface area contributed by atoms with E-state index in [2.05, 4.69) is 15.7 Å². The molecule has 0 bridgehead atoms. The number of amides is 1. The lowest BCUT2D eigenvalue weighted by Crippen LogP contribution is -2.35. The molecule has 1 aromatic heterocycles. The van der Waals surface area contributed by atoms with Crippen molar-refractivity contribution in [1.82, 2.24) is 9.78 Å². The predicted molar refractivity (Wildman–Crippen MR) is 122 cm³/mol. The van der Waals surface area contributed by atoms with E-state index < -0.39 is 24.2 Å². The second kappa shape index (κ2) is 8.92. The molecule has 2 atom stereocenters. The molecule has 2 N–H and O–H groups in total. The monoisotopic (exact) mass is 474 g/mol. The van der Waals surface area contributed by atoms with Gasteiger partial charge >= 0.3 is 6.18 Å². The summed E-state index contributed by atoms with van der Waals surface area (Å²) in [5.41, 5.74) is 2.86. The Kier molecular flexibility index (Phi) is 6.16. The fraction of sp³-hybridized carbons (Fsp3) is 0.333. The van der Waals surface area contributed by atoms with E-state index in [1.54, 1.807) is 24.3 Å². The Balaban J connectivity index is 1.66. The summed E-state index contributed by atoms with van der Waals surface area (Å²) in [4.78, 5) is 12.8. The highest BCUT2D eigenvalue weighted by atomic mass is 19.4. The fourth-order valence-corrected chi connectivity index (χ4v) is 4.03. The van der Waals surface area contributed by atoms with E-state index in [4.69, 9.17) is 9.47 Å². The molecule has 0 saturated carbocycles. The van der Waals surface area contributed by atoms with Crippen molar-refractivity contribution in [2.45, 2.75) is 38.5 Å². The number of hydrogen-bond donors (Lipinski definition) is 2. The van der Waals surface area contributed by atoms with Crippen LogP contribution in [-0.2, 0) is 0 Å². The van der Waals surface area contributed by atoms with Gasteiger partial charge in [0.05, 0.1) is 20.3 Å². The zero-order chi connectivity index (χ0) is 24.6. The molecule has 34 heavy (non-hydrogen) atoms. The zero-order valence-corrected chi connectivity index (χ0v) is 19.2. The standard InChI is InChI=1S/C24H25F3N4O3/c1-13-5-6-14(2)16(9-13)29-23(32)18-12-22-28-17(11-21(24(25,26)27)31(22)30-18)15-7-8-19(33-3)20(10-15)34-4/h5-10,12,17,21,28H,11H2,1-4H3,(H,29,32)/t17-,21-/m1/s1. The molecule has 2 aromatic carbocycles. The van der Waals surface area contributed by atoms with Gasteiger partial charge in [-0.2, -0.15) is 18.3 Å². The van der Waals surface area contributed by atoms with Gasteiger partial charge in [0.15, 0.2) is 23.2 Å². The van der Waals surface area contributed by atoms with Crippen LogP contribution in [0.25, 0.3) is 0 Å². The minimum absolute atomic E-state index is 0.106. The first kappa shape index (κ1) is 23.5. The van der Waals surface area contributed by atoms with Gasteiger partial charge in [-0.3, -0.25) is 4.79 Å². The molecular formula is C24H25F3N4O3. The fourth-order valence-electron chi connectivity index (χ4n) is 4.03. The SMILES string of the molecule is COc1ccc([C@H]2C[C@H](C(F)(F)F)n3nc(C(=O)Nc4cc(C)ccc4C)cc3N2)cc1OC. The molecule has 0 spiro atoms. The smallest absolute Gasteiger partial charge is 0.410 e. The van der Waals surface area contributed by atoms with Gasteiger partial charge in [-0.25, -0.2) is 4.68 Å².